The lowest BCUT2D eigenvalue weighted by Crippen LogP contribution is -2.46. The standard InChI is InChI=1S/C22H25N3O/c1-18(19-8-4-2-5-9-19)24-21(26)16-25-14-12-22(17-23,13-15-25)20-10-6-3-7-11-20/h2-11,18H,12-16H2,1H3,(H,24,26)/t18-/m1/s1. The van der Waals surface area contributed by atoms with Crippen molar-refractivity contribution in [3.63, 3.8) is 0 Å². The molecule has 1 aliphatic rings. The van der Waals surface area contributed by atoms with Gasteiger partial charge in [-0.05, 0) is 30.9 Å². The second-order valence-corrected chi connectivity index (χ2v) is 7.04. The number of carbonyl (C=O) groups excluding carboxylic acids is 1. The van der Waals surface area contributed by atoms with Crippen molar-refractivity contribution in [3.05, 3.63) is 71.8 Å². The molecule has 0 radical (unpaired) electrons. The van der Waals surface area contributed by atoms with E-state index >= 15 is 0 Å². The summed E-state index contributed by atoms with van der Waals surface area (Å²) < 4.78 is 0. The number of nitrogens with zero attached hydrogens (tertiary/aromatic N) is 2. The number of benzene rings is 2. The van der Waals surface area contributed by atoms with Crippen LogP contribution in [0.1, 0.15) is 36.9 Å². The van der Waals surface area contributed by atoms with Gasteiger partial charge in [0.15, 0.2) is 0 Å². The van der Waals surface area contributed by atoms with Gasteiger partial charge in [0.25, 0.3) is 0 Å². The summed E-state index contributed by atoms with van der Waals surface area (Å²) in [6.07, 6.45) is 1.52. The number of nitriles is 1. The largest absolute Gasteiger partial charge is 0.348 e. The second kappa shape index (κ2) is 8.16. The molecule has 2 aromatic carbocycles. The number of rotatable bonds is 5. The second-order valence-electron chi connectivity index (χ2n) is 7.04. The molecule has 1 fully saturated rings. The lowest BCUT2D eigenvalue weighted by Gasteiger charge is -2.37. The predicted octanol–water partition coefficient (Wildman–Crippen LogP) is 3.42. The molecule has 2 aromatic rings. The summed E-state index contributed by atoms with van der Waals surface area (Å²) in [4.78, 5) is 14.5. The molecule has 4 heteroatoms. The number of amides is 1. The van der Waals surface area contributed by atoms with Gasteiger partial charge in [0.2, 0.25) is 5.91 Å². The first-order chi connectivity index (χ1) is 12.6. The fourth-order valence-electron chi connectivity index (χ4n) is 3.63. The van der Waals surface area contributed by atoms with Gasteiger partial charge >= 0.3 is 0 Å². The molecule has 4 nitrogen and oxygen atoms in total. The molecular weight excluding hydrogens is 322 g/mol. The van der Waals surface area contributed by atoms with Crippen LogP contribution < -0.4 is 5.32 Å². The summed E-state index contributed by atoms with van der Waals surface area (Å²) in [5.74, 6) is 0.0329. The Hall–Kier alpha value is -2.64. The Morgan fingerprint density at radius 1 is 1.12 bits per heavy atom. The third-order valence-corrected chi connectivity index (χ3v) is 5.29. The molecule has 26 heavy (non-hydrogen) atoms. The Labute approximate surface area is 155 Å². The lowest BCUT2D eigenvalue weighted by molar-refractivity contribution is -0.123. The van der Waals surface area contributed by atoms with E-state index < -0.39 is 5.41 Å². The molecule has 0 aliphatic carbocycles. The maximum atomic E-state index is 12.4. The van der Waals surface area contributed by atoms with E-state index in [9.17, 15) is 10.1 Å². The fourth-order valence-corrected chi connectivity index (χ4v) is 3.63. The third-order valence-electron chi connectivity index (χ3n) is 5.29. The molecule has 134 valence electrons. The Bertz CT molecular complexity index is 759. The topological polar surface area (TPSA) is 56.1 Å². The van der Waals surface area contributed by atoms with Crippen molar-refractivity contribution in [2.24, 2.45) is 0 Å². The fraction of sp³-hybridized carbons (Fsp3) is 0.364. The number of piperidine rings is 1. The van der Waals surface area contributed by atoms with Crippen LogP contribution in [0.15, 0.2) is 60.7 Å². The number of hydrogen-bond donors (Lipinski definition) is 1. The maximum Gasteiger partial charge on any atom is 0.234 e. The highest BCUT2D eigenvalue weighted by Crippen LogP contribution is 2.34. The van der Waals surface area contributed by atoms with Gasteiger partial charge in [0, 0.05) is 13.1 Å². The highest BCUT2D eigenvalue weighted by Gasteiger charge is 2.36. The van der Waals surface area contributed by atoms with Crippen LogP contribution in [0.5, 0.6) is 0 Å². The zero-order chi connectivity index (χ0) is 18.4. The van der Waals surface area contributed by atoms with E-state index in [0.29, 0.717) is 6.54 Å². The molecule has 1 saturated heterocycles. The van der Waals surface area contributed by atoms with Crippen LogP contribution in [0.25, 0.3) is 0 Å². The van der Waals surface area contributed by atoms with E-state index in [0.717, 1.165) is 37.1 Å². The van der Waals surface area contributed by atoms with Crippen LogP contribution in [0.3, 0.4) is 0 Å². The van der Waals surface area contributed by atoms with Gasteiger partial charge in [-0.1, -0.05) is 60.7 Å². The summed E-state index contributed by atoms with van der Waals surface area (Å²) in [5, 5.41) is 12.8. The van der Waals surface area contributed by atoms with Gasteiger partial charge < -0.3 is 5.32 Å². The van der Waals surface area contributed by atoms with Gasteiger partial charge in [-0.2, -0.15) is 5.26 Å². The average molecular weight is 347 g/mol. The molecule has 0 saturated carbocycles. The van der Waals surface area contributed by atoms with Gasteiger partial charge in [0.05, 0.1) is 24.1 Å². The quantitative estimate of drug-likeness (QED) is 0.902. The Morgan fingerprint density at radius 3 is 2.27 bits per heavy atom. The Morgan fingerprint density at radius 2 is 1.69 bits per heavy atom. The number of nitrogens with one attached hydrogen (secondary N) is 1. The molecular formula is C22H25N3O. The minimum Gasteiger partial charge on any atom is -0.348 e. The van der Waals surface area contributed by atoms with Gasteiger partial charge in [0.1, 0.15) is 0 Å². The molecule has 0 bridgehead atoms. The smallest absolute Gasteiger partial charge is 0.234 e. The minimum atomic E-state index is -0.425. The highest BCUT2D eigenvalue weighted by atomic mass is 16.2. The highest BCUT2D eigenvalue weighted by molar-refractivity contribution is 5.78. The molecule has 1 heterocycles. The first-order valence-electron chi connectivity index (χ1n) is 9.16. The third kappa shape index (κ3) is 4.12. The van der Waals surface area contributed by atoms with Crippen LogP contribution in [-0.2, 0) is 10.2 Å². The van der Waals surface area contributed by atoms with Crippen LogP contribution in [-0.4, -0.2) is 30.4 Å². The summed E-state index contributed by atoms with van der Waals surface area (Å²) in [7, 11) is 0. The molecule has 3 rings (SSSR count). The monoisotopic (exact) mass is 347 g/mol. The van der Waals surface area contributed by atoms with Gasteiger partial charge in [-0.25, -0.2) is 0 Å². The van der Waals surface area contributed by atoms with Crippen molar-refractivity contribution in [1.82, 2.24) is 10.2 Å². The summed E-state index contributed by atoms with van der Waals surface area (Å²) >= 11 is 0. The van der Waals surface area contributed by atoms with E-state index in [-0.39, 0.29) is 11.9 Å². The zero-order valence-electron chi connectivity index (χ0n) is 15.2. The number of hydrogen-bond acceptors (Lipinski definition) is 3. The first kappa shape index (κ1) is 18.2. The minimum absolute atomic E-state index is 0.00370. The van der Waals surface area contributed by atoms with Crippen molar-refractivity contribution < 1.29 is 4.79 Å². The van der Waals surface area contributed by atoms with Crippen molar-refractivity contribution >= 4 is 5.91 Å². The van der Waals surface area contributed by atoms with E-state index in [1.165, 1.54) is 0 Å². The van der Waals surface area contributed by atoms with E-state index in [2.05, 4.69) is 16.3 Å². The predicted molar refractivity (Wildman–Crippen MR) is 102 cm³/mol. The molecule has 1 amide bonds. The Balaban J connectivity index is 1.54. The number of carbonyl (C=O) groups is 1. The number of likely N-dealkylation sites (tertiary alicyclic amines) is 1. The zero-order valence-corrected chi connectivity index (χ0v) is 15.2. The van der Waals surface area contributed by atoms with Crippen LogP contribution in [0.2, 0.25) is 0 Å². The normalized spacial score (nSPS) is 17.8. The van der Waals surface area contributed by atoms with Crippen LogP contribution in [0, 0.1) is 11.3 Å². The molecule has 1 N–H and O–H groups in total. The van der Waals surface area contributed by atoms with E-state index in [4.69, 9.17) is 0 Å². The molecule has 0 unspecified atom stereocenters. The van der Waals surface area contributed by atoms with Crippen molar-refractivity contribution in [2.75, 3.05) is 19.6 Å². The van der Waals surface area contributed by atoms with Crippen molar-refractivity contribution in [3.8, 4) is 6.07 Å². The molecule has 1 atom stereocenters. The van der Waals surface area contributed by atoms with Gasteiger partial charge in [-0.15, -0.1) is 0 Å². The van der Waals surface area contributed by atoms with Crippen molar-refractivity contribution in [1.29, 1.82) is 5.26 Å². The van der Waals surface area contributed by atoms with Crippen molar-refractivity contribution in [2.45, 2.75) is 31.2 Å². The summed E-state index contributed by atoms with van der Waals surface area (Å²) in [5.41, 5.74) is 1.77. The first-order valence-corrected chi connectivity index (χ1v) is 9.16. The van der Waals surface area contributed by atoms with E-state index in [1.807, 2.05) is 67.6 Å². The molecule has 1 aliphatic heterocycles. The van der Waals surface area contributed by atoms with Gasteiger partial charge in [-0.3, -0.25) is 9.69 Å². The molecule has 0 spiro atoms. The lowest BCUT2D eigenvalue weighted by atomic mass is 9.74. The summed E-state index contributed by atoms with van der Waals surface area (Å²) in [6, 6.07) is 22.5. The maximum absolute atomic E-state index is 12.4. The average Bonchev–Trinajstić information content (AvgIpc) is 2.70. The van der Waals surface area contributed by atoms with Crippen LogP contribution in [0.4, 0.5) is 0 Å². The van der Waals surface area contributed by atoms with Crippen LogP contribution >= 0.6 is 0 Å². The van der Waals surface area contributed by atoms with E-state index in [1.54, 1.807) is 0 Å². The Kier molecular flexibility index (Phi) is 5.70. The summed E-state index contributed by atoms with van der Waals surface area (Å²) in [6.45, 7) is 3.90. The molecule has 0 aromatic heterocycles. The SMILES string of the molecule is C[C@@H](NC(=O)CN1CCC(C#N)(c2ccccc2)CC1)c1ccccc1.